The summed E-state index contributed by atoms with van der Waals surface area (Å²) in [6, 6.07) is 9.17. The first kappa shape index (κ1) is 19.3. The van der Waals surface area contributed by atoms with Crippen LogP contribution in [0.25, 0.3) is 4.85 Å². The van der Waals surface area contributed by atoms with E-state index >= 15 is 0 Å². The van der Waals surface area contributed by atoms with Crippen LogP contribution in [0.2, 0.25) is 5.02 Å². The third-order valence-electron chi connectivity index (χ3n) is 4.42. The molecule has 0 bridgehead atoms. The molecule has 1 fully saturated rings. The molecule has 0 aliphatic carbocycles. The number of carbonyl (C=O) groups is 1. The van der Waals surface area contributed by atoms with Gasteiger partial charge in [0.25, 0.3) is 0 Å². The zero-order valence-electron chi connectivity index (χ0n) is 14.6. The maximum atomic E-state index is 13.5. The van der Waals surface area contributed by atoms with Crippen LogP contribution in [0.1, 0.15) is 24.0 Å². The second kappa shape index (κ2) is 7.26. The molecule has 2 atom stereocenters. The maximum Gasteiger partial charge on any atom is 0.199 e. The number of carbonyl (C=O) groups excluding carboxylic acids is 1. The summed E-state index contributed by atoms with van der Waals surface area (Å²) in [4.78, 5) is 16.4. The number of ketones is 1. The van der Waals surface area contributed by atoms with Crippen molar-refractivity contribution in [3.63, 3.8) is 0 Å². The zero-order valence-corrected chi connectivity index (χ0v) is 16.2. The quantitative estimate of drug-likeness (QED) is 0.520. The van der Waals surface area contributed by atoms with Gasteiger partial charge in [0.05, 0.1) is 11.6 Å². The van der Waals surface area contributed by atoms with E-state index in [0.29, 0.717) is 11.3 Å². The fourth-order valence-electron chi connectivity index (χ4n) is 2.90. The van der Waals surface area contributed by atoms with Crippen molar-refractivity contribution in [3.8, 4) is 5.75 Å². The molecule has 0 amide bonds. The molecule has 0 spiro atoms. The van der Waals surface area contributed by atoms with Crippen LogP contribution < -0.4 is 4.74 Å². The minimum atomic E-state index is -1.29. The topological polar surface area (TPSA) is 39.9 Å². The Kier molecular flexibility index (Phi) is 5.18. The predicted molar refractivity (Wildman–Crippen MR) is 104 cm³/mol. The van der Waals surface area contributed by atoms with Crippen molar-refractivity contribution in [3.05, 3.63) is 69.8 Å². The van der Waals surface area contributed by atoms with Crippen LogP contribution in [0, 0.1) is 19.3 Å². The Morgan fingerprint density at radius 1 is 1.37 bits per heavy atom. The number of aryl methyl sites for hydroxylation is 1. The van der Waals surface area contributed by atoms with Gasteiger partial charge in [-0.15, -0.1) is 0 Å². The van der Waals surface area contributed by atoms with Gasteiger partial charge in [-0.1, -0.05) is 29.8 Å². The molecule has 1 heterocycles. The highest BCUT2D eigenvalue weighted by atomic mass is 35.5. The van der Waals surface area contributed by atoms with E-state index in [4.69, 9.17) is 39.9 Å². The molecule has 27 heavy (non-hydrogen) atoms. The number of hydrogen-bond donors (Lipinski definition) is 0. The third kappa shape index (κ3) is 3.66. The van der Waals surface area contributed by atoms with E-state index in [2.05, 4.69) is 4.85 Å². The van der Waals surface area contributed by atoms with Crippen molar-refractivity contribution in [1.29, 1.82) is 0 Å². The van der Waals surface area contributed by atoms with Crippen LogP contribution in [-0.2, 0) is 9.53 Å². The molecule has 7 heteroatoms. The number of halogens is 2. The third-order valence-corrected chi connectivity index (χ3v) is 5.05. The molecule has 0 saturated carbocycles. The second-order valence-corrected chi connectivity index (χ2v) is 7.28. The summed E-state index contributed by atoms with van der Waals surface area (Å²) in [5.41, 5.74) is 0.673. The van der Waals surface area contributed by atoms with Gasteiger partial charge in [-0.3, -0.25) is 4.79 Å². The van der Waals surface area contributed by atoms with Gasteiger partial charge in [0, 0.05) is 6.07 Å². The first-order valence-corrected chi connectivity index (χ1v) is 8.87. The van der Waals surface area contributed by atoms with Gasteiger partial charge in [0.2, 0.25) is 0 Å². The maximum absolute atomic E-state index is 13.5. The van der Waals surface area contributed by atoms with Gasteiger partial charge in [-0.25, -0.2) is 9.24 Å². The molecule has 2 unspecified atom stereocenters. The second-order valence-electron chi connectivity index (χ2n) is 6.47. The van der Waals surface area contributed by atoms with Gasteiger partial charge in [0.1, 0.15) is 24.1 Å². The summed E-state index contributed by atoms with van der Waals surface area (Å²) < 4.78 is 24.8. The number of ether oxygens (including phenoxy) is 2. The molecule has 0 radical (unpaired) electrons. The molecule has 3 rings (SSSR count). The van der Waals surface area contributed by atoms with Gasteiger partial charge in [0.15, 0.2) is 22.1 Å². The lowest BCUT2D eigenvalue weighted by Gasteiger charge is -2.22. The van der Waals surface area contributed by atoms with E-state index in [1.807, 2.05) is 0 Å². The first-order chi connectivity index (χ1) is 12.7. The SMILES string of the molecule is [C-]#[N+]c1ccc(C2C(=O)C(C)(COc3ccc(Cl)c(F)c3)OC2=S)cc1C. The van der Waals surface area contributed by atoms with E-state index in [0.717, 1.165) is 11.6 Å². The highest BCUT2D eigenvalue weighted by Gasteiger charge is 2.51. The number of rotatable bonds is 4. The van der Waals surface area contributed by atoms with Crippen molar-refractivity contribution < 1.29 is 18.7 Å². The molecule has 138 valence electrons. The van der Waals surface area contributed by atoms with Crippen molar-refractivity contribution in [1.82, 2.24) is 0 Å². The van der Waals surface area contributed by atoms with Crippen molar-refractivity contribution in [2.45, 2.75) is 25.4 Å². The smallest absolute Gasteiger partial charge is 0.199 e. The number of nitrogens with zero attached hydrogens (tertiary/aromatic N) is 1. The summed E-state index contributed by atoms with van der Waals surface area (Å²) >= 11 is 10.9. The molecular formula is C20H15ClFNO3S. The molecule has 0 aromatic heterocycles. The van der Waals surface area contributed by atoms with E-state index < -0.39 is 17.3 Å². The number of benzene rings is 2. The Labute approximate surface area is 166 Å². The first-order valence-electron chi connectivity index (χ1n) is 8.08. The Morgan fingerprint density at radius 3 is 2.74 bits per heavy atom. The fourth-order valence-corrected chi connectivity index (χ4v) is 3.45. The average molecular weight is 404 g/mol. The van der Waals surface area contributed by atoms with Crippen LogP contribution in [0.3, 0.4) is 0 Å². The van der Waals surface area contributed by atoms with Crippen LogP contribution in [0.5, 0.6) is 5.75 Å². The summed E-state index contributed by atoms with van der Waals surface area (Å²) in [7, 11) is 0. The summed E-state index contributed by atoms with van der Waals surface area (Å²) in [6.45, 7) is 10.4. The van der Waals surface area contributed by atoms with E-state index in [-0.39, 0.29) is 28.2 Å². The Morgan fingerprint density at radius 2 is 2.11 bits per heavy atom. The largest absolute Gasteiger partial charge is 0.489 e. The number of hydrogen-bond acceptors (Lipinski definition) is 4. The summed E-state index contributed by atoms with van der Waals surface area (Å²) in [5.74, 6) is -1.33. The normalized spacial score (nSPS) is 21.7. The minimum absolute atomic E-state index is 0.0128. The van der Waals surface area contributed by atoms with Gasteiger partial charge >= 0.3 is 0 Å². The molecule has 1 aliphatic rings. The van der Waals surface area contributed by atoms with Crippen LogP contribution in [0.4, 0.5) is 10.1 Å². The van der Waals surface area contributed by atoms with Crippen molar-refractivity contribution in [2.24, 2.45) is 0 Å². The molecule has 1 saturated heterocycles. The molecule has 1 aliphatic heterocycles. The molecule has 0 N–H and O–H groups in total. The molecule has 4 nitrogen and oxygen atoms in total. The Bertz CT molecular complexity index is 988. The molecular weight excluding hydrogens is 389 g/mol. The summed E-state index contributed by atoms with van der Waals surface area (Å²) in [6.07, 6.45) is 0. The van der Waals surface area contributed by atoms with Gasteiger partial charge in [-0.05, 0) is 49.3 Å². The van der Waals surface area contributed by atoms with Crippen molar-refractivity contribution in [2.75, 3.05) is 6.61 Å². The monoisotopic (exact) mass is 403 g/mol. The van der Waals surface area contributed by atoms with Gasteiger partial charge in [-0.2, -0.15) is 0 Å². The van der Waals surface area contributed by atoms with Crippen LogP contribution in [0.15, 0.2) is 36.4 Å². The highest BCUT2D eigenvalue weighted by Crippen LogP contribution is 2.37. The van der Waals surface area contributed by atoms with Gasteiger partial charge < -0.3 is 9.47 Å². The van der Waals surface area contributed by atoms with E-state index in [1.54, 1.807) is 32.0 Å². The van der Waals surface area contributed by atoms with E-state index in [9.17, 15) is 9.18 Å². The Hall–Kier alpha value is -2.49. The Balaban J connectivity index is 1.80. The average Bonchev–Trinajstić information content (AvgIpc) is 2.85. The minimum Gasteiger partial charge on any atom is -0.489 e. The van der Waals surface area contributed by atoms with Crippen LogP contribution >= 0.6 is 23.8 Å². The van der Waals surface area contributed by atoms with E-state index in [1.165, 1.54) is 12.1 Å². The van der Waals surface area contributed by atoms with Crippen LogP contribution in [-0.4, -0.2) is 23.0 Å². The molecule has 2 aromatic carbocycles. The lowest BCUT2D eigenvalue weighted by molar-refractivity contribution is -0.131. The zero-order chi connectivity index (χ0) is 19.8. The lowest BCUT2D eigenvalue weighted by atomic mass is 9.88. The number of thiocarbonyl (C=S) groups is 1. The standard InChI is InChI=1S/C20H15ClFNO3S/c1-11-8-12(4-7-16(11)23-3)17-18(24)20(2,26-19(17)27)10-25-13-5-6-14(21)15(22)9-13/h4-9,17H,10H2,1-2H3. The molecule has 2 aromatic rings. The van der Waals surface area contributed by atoms with Crippen molar-refractivity contribution >= 4 is 40.3 Å². The lowest BCUT2D eigenvalue weighted by Crippen LogP contribution is -2.40. The highest BCUT2D eigenvalue weighted by molar-refractivity contribution is 7.80. The predicted octanol–water partition coefficient (Wildman–Crippen LogP) is 5.19. The summed E-state index contributed by atoms with van der Waals surface area (Å²) in [5, 5.41) is 0.143. The fraction of sp³-hybridized carbons (Fsp3) is 0.250. The number of Topliss-reactive ketones (excluding diaryl/α,β-unsaturated/α-hetero) is 1.